The molecule has 234 valence electrons. The molecule has 1 saturated carbocycles. The number of ether oxygens (including phenoxy) is 1. The zero-order valence-electron chi connectivity index (χ0n) is 27.2. The minimum absolute atomic E-state index is 0.0285. The van der Waals surface area contributed by atoms with Crippen LogP contribution in [0.4, 0.5) is 0 Å². The molecule has 42 heavy (non-hydrogen) atoms. The third-order valence-electron chi connectivity index (χ3n) is 9.89. The van der Waals surface area contributed by atoms with Gasteiger partial charge in [0.15, 0.2) is 0 Å². The summed E-state index contributed by atoms with van der Waals surface area (Å²) in [6.07, 6.45) is 4.37. The van der Waals surface area contributed by atoms with E-state index in [1.165, 1.54) is 7.11 Å². The standard InChI is InChI=1S/C34H52ClN3O4/c1-32(2,3)31(41)38(24-14-16-34(7,8)17-15-24)25-18-28(30(40)42-9)37(19-25)29(39)27-21-36(33(4,5)6)20-26(27)22-10-12-23(35)13-11-22/h10-13,24-28H,14-21H2,1-9H3/t25-,26-,27+,28-/m0/s1. The van der Waals surface area contributed by atoms with E-state index in [9.17, 15) is 14.4 Å². The van der Waals surface area contributed by atoms with Crippen LogP contribution in [0.2, 0.25) is 5.02 Å². The predicted octanol–water partition coefficient (Wildman–Crippen LogP) is 6.14. The number of halogens is 1. The molecule has 2 heterocycles. The maximum atomic E-state index is 14.6. The van der Waals surface area contributed by atoms with Crippen LogP contribution in [0.25, 0.3) is 0 Å². The van der Waals surface area contributed by atoms with Gasteiger partial charge in [0.1, 0.15) is 6.04 Å². The number of likely N-dealkylation sites (tertiary alicyclic amines) is 2. The number of hydrogen-bond donors (Lipinski definition) is 0. The topological polar surface area (TPSA) is 70.2 Å². The van der Waals surface area contributed by atoms with Crippen LogP contribution >= 0.6 is 11.6 Å². The fourth-order valence-electron chi connectivity index (χ4n) is 7.16. The normalized spacial score (nSPS) is 27.2. The summed E-state index contributed by atoms with van der Waals surface area (Å²) in [4.78, 5) is 47.9. The Bertz CT molecular complexity index is 1140. The van der Waals surface area contributed by atoms with Crippen LogP contribution in [0, 0.1) is 16.7 Å². The lowest BCUT2D eigenvalue weighted by Crippen LogP contribution is -2.54. The van der Waals surface area contributed by atoms with Gasteiger partial charge in [-0.2, -0.15) is 0 Å². The first-order valence-electron chi connectivity index (χ1n) is 15.6. The van der Waals surface area contributed by atoms with Crippen LogP contribution in [-0.4, -0.2) is 82.9 Å². The van der Waals surface area contributed by atoms with Crippen molar-refractivity contribution in [3.8, 4) is 0 Å². The number of amides is 2. The van der Waals surface area contributed by atoms with Crippen molar-refractivity contribution in [1.82, 2.24) is 14.7 Å². The van der Waals surface area contributed by atoms with Crippen LogP contribution in [-0.2, 0) is 19.1 Å². The molecule has 8 heteroatoms. The number of hydrogen-bond acceptors (Lipinski definition) is 5. The number of carbonyl (C=O) groups is 3. The van der Waals surface area contributed by atoms with Gasteiger partial charge in [-0.1, -0.05) is 58.4 Å². The molecule has 4 atom stereocenters. The average molecular weight is 602 g/mol. The van der Waals surface area contributed by atoms with Crippen molar-refractivity contribution in [1.29, 1.82) is 0 Å². The Labute approximate surface area is 258 Å². The van der Waals surface area contributed by atoms with E-state index in [0.29, 0.717) is 24.5 Å². The van der Waals surface area contributed by atoms with E-state index >= 15 is 0 Å². The Morgan fingerprint density at radius 3 is 2.05 bits per heavy atom. The molecule has 2 aliphatic heterocycles. The molecule has 2 saturated heterocycles. The number of esters is 1. The molecule has 1 aromatic rings. The molecular formula is C34H52ClN3O4. The van der Waals surface area contributed by atoms with Crippen molar-refractivity contribution in [2.75, 3.05) is 26.7 Å². The molecule has 0 radical (unpaired) electrons. The minimum atomic E-state index is -0.711. The molecule has 0 aromatic heterocycles. The van der Waals surface area contributed by atoms with Gasteiger partial charge in [0.25, 0.3) is 0 Å². The van der Waals surface area contributed by atoms with Gasteiger partial charge in [0, 0.05) is 54.0 Å². The first-order chi connectivity index (χ1) is 19.4. The zero-order valence-corrected chi connectivity index (χ0v) is 28.0. The highest BCUT2D eigenvalue weighted by Gasteiger charge is 2.51. The highest BCUT2D eigenvalue weighted by atomic mass is 35.5. The zero-order chi connectivity index (χ0) is 31.2. The largest absolute Gasteiger partial charge is 0.467 e. The lowest BCUT2D eigenvalue weighted by atomic mass is 9.74. The number of rotatable bonds is 5. The van der Waals surface area contributed by atoms with E-state index in [1.54, 1.807) is 4.90 Å². The fourth-order valence-corrected chi connectivity index (χ4v) is 7.29. The van der Waals surface area contributed by atoms with Crippen LogP contribution in [0.5, 0.6) is 0 Å². The molecule has 3 fully saturated rings. The summed E-state index contributed by atoms with van der Waals surface area (Å²) >= 11 is 6.21. The number of nitrogens with zero attached hydrogens (tertiary/aromatic N) is 3. The number of benzene rings is 1. The summed E-state index contributed by atoms with van der Waals surface area (Å²) in [6.45, 7) is 18.7. The van der Waals surface area contributed by atoms with Crippen molar-refractivity contribution < 1.29 is 19.1 Å². The third-order valence-corrected chi connectivity index (χ3v) is 10.1. The lowest BCUT2D eigenvalue weighted by molar-refractivity contribution is -0.152. The first-order valence-corrected chi connectivity index (χ1v) is 16.0. The number of methoxy groups -OCH3 is 1. The van der Waals surface area contributed by atoms with Gasteiger partial charge < -0.3 is 14.5 Å². The molecule has 0 N–H and O–H groups in total. The SMILES string of the molecule is COC(=O)[C@@H]1C[C@H](N(C(=O)C(C)(C)C)C2CCC(C)(C)CC2)CN1C(=O)[C@@H]1CN(C(C)(C)C)C[C@H]1c1ccc(Cl)cc1. The van der Waals surface area contributed by atoms with E-state index in [0.717, 1.165) is 37.8 Å². The molecule has 0 bridgehead atoms. The lowest BCUT2D eigenvalue weighted by Gasteiger charge is -2.45. The maximum Gasteiger partial charge on any atom is 0.328 e. The van der Waals surface area contributed by atoms with E-state index in [4.69, 9.17) is 16.3 Å². The molecule has 0 unspecified atom stereocenters. The van der Waals surface area contributed by atoms with Gasteiger partial charge >= 0.3 is 5.97 Å². The smallest absolute Gasteiger partial charge is 0.328 e. The molecule has 1 aliphatic carbocycles. The summed E-state index contributed by atoms with van der Waals surface area (Å²) in [5, 5.41) is 0.662. The Morgan fingerprint density at radius 2 is 1.52 bits per heavy atom. The van der Waals surface area contributed by atoms with Crippen LogP contribution in [0.1, 0.15) is 99.0 Å². The van der Waals surface area contributed by atoms with Crippen molar-refractivity contribution in [2.45, 2.75) is 117 Å². The van der Waals surface area contributed by atoms with Gasteiger partial charge in [-0.15, -0.1) is 0 Å². The maximum absolute atomic E-state index is 14.6. The average Bonchev–Trinajstić information content (AvgIpc) is 3.54. The van der Waals surface area contributed by atoms with Gasteiger partial charge in [-0.05, 0) is 69.6 Å². The highest BCUT2D eigenvalue weighted by Crippen LogP contribution is 2.42. The molecule has 0 spiro atoms. The molecule has 1 aromatic carbocycles. The van der Waals surface area contributed by atoms with Crippen molar-refractivity contribution in [3.05, 3.63) is 34.9 Å². The van der Waals surface area contributed by atoms with Crippen molar-refractivity contribution >= 4 is 29.4 Å². The molecule has 7 nitrogen and oxygen atoms in total. The van der Waals surface area contributed by atoms with E-state index in [2.05, 4.69) is 44.4 Å². The van der Waals surface area contributed by atoms with Gasteiger partial charge in [0.2, 0.25) is 11.8 Å². The predicted molar refractivity (Wildman–Crippen MR) is 167 cm³/mol. The summed E-state index contributed by atoms with van der Waals surface area (Å²) in [7, 11) is 1.38. The molecular weight excluding hydrogens is 550 g/mol. The Kier molecular flexibility index (Phi) is 9.45. The summed E-state index contributed by atoms with van der Waals surface area (Å²) < 4.78 is 5.24. The highest BCUT2D eigenvalue weighted by molar-refractivity contribution is 6.30. The van der Waals surface area contributed by atoms with E-state index in [-0.39, 0.29) is 46.7 Å². The molecule has 3 aliphatic rings. The summed E-state index contributed by atoms with van der Waals surface area (Å²) in [6, 6.07) is 6.94. The molecule has 2 amide bonds. The van der Waals surface area contributed by atoms with Crippen LogP contribution in [0.15, 0.2) is 24.3 Å². The molecule has 4 rings (SSSR count). The summed E-state index contributed by atoms with van der Waals surface area (Å²) in [5.74, 6) is -0.702. The quantitative estimate of drug-likeness (QED) is 0.379. The van der Waals surface area contributed by atoms with Gasteiger partial charge in [0.05, 0.1) is 19.1 Å². The second kappa shape index (κ2) is 12.1. The summed E-state index contributed by atoms with van der Waals surface area (Å²) in [5.41, 5.74) is 0.657. The first kappa shape index (κ1) is 32.8. The third kappa shape index (κ3) is 6.99. The Morgan fingerprint density at radius 1 is 0.929 bits per heavy atom. The Balaban J connectivity index is 1.67. The van der Waals surface area contributed by atoms with E-state index in [1.807, 2.05) is 45.0 Å². The minimum Gasteiger partial charge on any atom is -0.467 e. The fraction of sp³-hybridized carbons (Fsp3) is 0.735. The van der Waals surface area contributed by atoms with Gasteiger partial charge in [-0.3, -0.25) is 14.5 Å². The van der Waals surface area contributed by atoms with Crippen LogP contribution in [0.3, 0.4) is 0 Å². The van der Waals surface area contributed by atoms with Crippen molar-refractivity contribution in [2.24, 2.45) is 16.7 Å². The van der Waals surface area contributed by atoms with Crippen LogP contribution < -0.4 is 0 Å². The van der Waals surface area contributed by atoms with E-state index < -0.39 is 17.4 Å². The second-order valence-corrected chi connectivity index (χ2v) is 16.1. The monoisotopic (exact) mass is 601 g/mol. The van der Waals surface area contributed by atoms with Crippen molar-refractivity contribution in [3.63, 3.8) is 0 Å². The number of carbonyl (C=O) groups excluding carboxylic acids is 3. The second-order valence-electron chi connectivity index (χ2n) is 15.6. The Hall–Kier alpha value is -2.12. The van der Waals surface area contributed by atoms with Gasteiger partial charge in [-0.25, -0.2) is 4.79 Å².